The second-order valence-corrected chi connectivity index (χ2v) is 8.75. The number of ether oxygens (including phenoxy) is 1. The summed E-state index contributed by atoms with van der Waals surface area (Å²) in [7, 11) is -2.00. The number of quaternary nitrogens is 1. The van der Waals surface area contributed by atoms with Gasteiger partial charge < -0.3 is 19.4 Å². The maximum absolute atomic E-state index is 12.8. The van der Waals surface area contributed by atoms with Crippen molar-refractivity contribution in [1.29, 1.82) is 0 Å². The molecule has 0 bridgehead atoms. The van der Waals surface area contributed by atoms with Crippen molar-refractivity contribution in [3.8, 4) is 5.75 Å². The summed E-state index contributed by atoms with van der Waals surface area (Å²) in [5.74, 6) is 1.24. The maximum Gasteiger partial charge on any atom is 0.275 e. The standard InChI is InChI=1S/C19H25N3O5S/c1-15(18-4-3-13-27-18)20-19(23)14-21-9-11-22(12-10-21)28(24,25)17-7-5-16(26-2)6-8-17/h3-8,13,15H,9-12,14H2,1-2H3,(H,20,23)/p+1/t15-/m0/s1. The number of carbonyl (C=O) groups excluding carboxylic acids is 1. The summed E-state index contributed by atoms with van der Waals surface area (Å²) >= 11 is 0. The Kier molecular flexibility index (Phi) is 6.38. The number of rotatable bonds is 7. The molecule has 1 aromatic carbocycles. The first kappa shape index (κ1) is 20.4. The molecule has 2 N–H and O–H groups in total. The molecule has 1 fully saturated rings. The Labute approximate surface area is 165 Å². The van der Waals surface area contributed by atoms with E-state index in [4.69, 9.17) is 9.15 Å². The SMILES string of the molecule is COc1ccc(S(=O)(=O)N2CC[NH+](CC(=O)N[C@@H](C)c3ccco3)CC2)cc1. The van der Waals surface area contributed by atoms with Crippen LogP contribution in [0.1, 0.15) is 18.7 Å². The molecule has 1 aliphatic heterocycles. The van der Waals surface area contributed by atoms with Gasteiger partial charge in [0.2, 0.25) is 10.0 Å². The quantitative estimate of drug-likeness (QED) is 0.676. The monoisotopic (exact) mass is 408 g/mol. The Morgan fingerprint density at radius 1 is 1.25 bits per heavy atom. The van der Waals surface area contributed by atoms with Crippen molar-refractivity contribution >= 4 is 15.9 Å². The van der Waals surface area contributed by atoms with Gasteiger partial charge >= 0.3 is 0 Å². The summed E-state index contributed by atoms with van der Waals surface area (Å²) in [5.41, 5.74) is 0. The maximum atomic E-state index is 12.8. The molecule has 0 unspecified atom stereocenters. The summed E-state index contributed by atoms with van der Waals surface area (Å²) < 4.78 is 37.4. The summed E-state index contributed by atoms with van der Waals surface area (Å²) in [6.07, 6.45) is 1.58. The third-order valence-corrected chi connectivity index (χ3v) is 6.80. The lowest BCUT2D eigenvalue weighted by molar-refractivity contribution is -0.895. The lowest BCUT2D eigenvalue weighted by Gasteiger charge is -2.31. The van der Waals surface area contributed by atoms with Gasteiger partial charge in [-0.3, -0.25) is 4.79 Å². The molecule has 8 nitrogen and oxygen atoms in total. The third kappa shape index (κ3) is 4.73. The highest BCUT2D eigenvalue weighted by atomic mass is 32.2. The molecule has 152 valence electrons. The average molecular weight is 409 g/mol. The number of nitrogens with one attached hydrogen (secondary N) is 2. The molecule has 1 atom stereocenters. The molecule has 1 aromatic heterocycles. The van der Waals surface area contributed by atoms with Crippen molar-refractivity contribution in [2.45, 2.75) is 17.9 Å². The van der Waals surface area contributed by atoms with Gasteiger partial charge in [0.05, 0.1) is 50.5 Å². The highest BCUT2D eigenvalue weighted by Gasteiger charge is 2.31. The zero-order chi connectivity index (χ0) is 20.1. The molecule has 1 aliphatic rings. The van der Waals surface area contributed by atoms with E-state index in [9.17, 15) is 13.2 Å². The van der Waals surface area contributed by atoms with Crippen LogP contribution in [0.3, 0.4) is 0 Å². The first-order valence-electron chi connectivity index (χ1n) is 9.20. The highest BCUT2D eigenvalue weighted by molar-refractivity contribution is 7.89. The van der Waals surface area contributed by atoms with Crippen molar-refractivity contribution in [2.24, 2.45) is 0 Å². The number of benzene rings is 1. The number of sulfonamides is 1. The summed E-state index contributed by atoms with van der Waals surface area (Å²) in [5, 5.41) is 2.91. The molecular weight excluding hydrogens is 382 g/mol. The Hall–Kier alpha value is -2.36. The Morgan fingerprint density at radius 2 is 1.93 bits per heavy atom. The highest BCUT2D eigenvalue weighted by Crippen LogP contribution is 2.19. The second kappa shape index (κ2) is 8.76. The number of carbonyl (C=O) groups is 1. The Bertz CT molecular complexity index is 873. The van der Waals surface area contributed by atoms with Crippen molar-refractivity contribution in [3.63, 3.8) is 0 Å². The van der Waals surface area contributed by atoms with Crippen molar-refractivity contribution in [3.05, 3.63) is 48.4 Å². The third-order valence-electron chi connectivity index (χ3n) is 4.88. The predicted molar refractivity (Wildman–Crippen MR) is 103 cm³/mol. The minimum absolute atomic E-state index is 0.0784. The van der Waals surface area contributed by atoms with Gasteiger partial charge in [0.1, 0.15) is 11.5 Å². The zero-order valence-corrected chi connectivity index (χ0v) is 16.9. The molecule has 2 heterocycles. The van der Waals surface area contributed by atoms with Crippen LogP contribution in [0.4, 0.5) is 0 Å². The second-order valence-electron chi connectivity index (χ2n) is 6.81. The molecular formula is C19H26N3O5S+. The van der Waals surface area contributed by atoms with Crippen LogP contribution in [0.5, 0.6) is 5.75 Å². The number of piperazine rings is 1. The molecule has 9 heteroatoms. The van der Waals surface area contributed by atoms with Crippen LogP contribution < -0.4 is 15.0 Å². The fraction of sp³-hybridized carbons (Fsp3) is 0.421. The normalized spacial score (nSPS) is 17.2. The predicted octanol–water partition coefficient (Wildman–Crippen LogP) is 0.0548. The van der Waals surface area contributed by atoms with E-state index in [1.165, 1.54) is 11.4 Å². The van der Waals surface area contributed by atoms with Crippen LogP contribution in [0.15, 0.2) is 52.0 Å². The van der Waals surface area contributed by atoms with Gasteiger partial charge in [0.15, 0.2) is 6.54 Å². The number of furan rings is 1. The van der Waals surface area contributed by atoms with E-state index in [-0.39, 0.29) is 16.8 Å². The average Bonchev–Trinajstić information content (AvgIpc) is 3.23. The topological polar surface area (TPSA) is 93.3 Å². The van der Waals surface area contributed by atoms with E-state index in [0.29, 0.717) is 44.2 Å². The van der Waals surface area contributed by atoms with E-state index in [1.807, 2.05) is 13.0 Å². The molecule has 1 saturated heterocycles. The zero-order valence-electron chi connectivity index (χ0n) is 16.1. The van der Waals surface area contributed by atoms with Gasteiger partial charge in [-0.1, -0.05) is 0 Å². The van der Waals surface area contributed by atoms with Crippen LogP contribution >= 0.6 is 0 Å². The summed E-state index contributed by atoms with van der Waals surface area (Å²) in [6.45, 7) is 4.10. The van der Waals surface area contributed by atoms with Gasteiger partial charge in [0, 0.05) is 0 Å². The number of nitrogens with zero attached hydrogens (tertiary/aromatic N) is 1. The fourth-order valence-corrected chi connectivity index (χ4v) is 4.69. The largest absolute Gasteiger partial charge is 0.497 e. The molecule has 3 rings (SSSR count). The van der Waals surface area contributed by atoms with Crippen molar-refractivity contribution in [2.75, 3.05) is 39.8 Å². The van der Waals surface area contributed by atoms with Crippen LogP contribution in [0.25, 0.3) is 0 Å². The lowest BCUT2D eigenvalue weighted by Crippen LogP contribution is -3.15. The van der Waals surface area contributed by atoms with Gasteiger partial charge in [-0.15, -0.1) is 0 Å². The minimum atomic E-state index is -3.54. The van der Waals surface area contributed by atoms with Crippen LogP contribution in [0, 0.1) is 0 Å². The summed E-state index contributed by atoms with van der Waals surface area (Å²) in [4.78, 5) is 13.6. The molecule has 0 saturated carbocycles. The molecule has 28 heavy (non-hydrogen) atoms. The van der Waals surface area contributed by atoms with Gasteiger partial charge in [-0.25, -0.2) is 8.42 Å². The lowest BCUT2D eigenvalue weighted by atomic mass is 10.2. The van der Waals surface area contributed by atoms with Crippen LogP contribution in [0.2, 0.25) is 0 Å². The Balaban J connectivity index is 1.51. The fourth-order valence-electron chi connectivity index (χ4n) is 3.24. The van der Waals surface area contributed by atoms with Crippen molar-refractivity contribution < 1.29 is 27.3 Å². The summed E-state index contributed by atoms with van der Waals surface area (Å²) in [6, 6.07) is 9.79. The first-order chi connectivity index (χ1) is 13.4. The minimum Gasteiger partial charge on any atom is -0.497 e. The van der Waals surface area contributed by atoms with Gasteiger partial charge in [-0.05, 0) is 43.3 Å². The smallest absolute Gasteiger partial charge is 0.275 e. The van der Waals surface area contributed by atoms with Gasteiger partial charge in [-0.2, -0.15) is 4.31 Å². The molecule has 0 radical (unpaired) electrons. The number of hydrogen-bond donors (Lipinski definition) is 2. The van der Waals surface area contributed by atoms with E-state index >= 15 is 0 Å². The Morgan fingerprint density at radius 3 is 2.50 bits per heavy atom. The van der Waals surface area contributed by atoms with Gasteiger partial charge in [0.25, 0.3) is 5.91 Å². The van der Waals surface area contributed by atoms with E-state index < -0.39 is 10.0 Å². The van der Waals surface area contributed by atoms with Crippen LogP contribution in [-0.2, 0) is 14.8 Å². The number of methoxy groups -OCH3 is 1. The molecule has 0 spiro atoms. The van der Waals surface area contributed by atoms with E-state index in [0.717, 1.165) is 4.90 Å². The number of amides is 1. The van der Waals surface area contributed by atoms with E-state index in [1.54, 1.807) is 36.6 Å². The van der Waals surface area contributed by atoms with Crippen LogP contribution in [-0.4, -0.2) is 58.5 Å². The molecule has 2 aromatic rings. The van der Waals surface area contributed by atoms with Crippen molar-refractivity contribution in [1.82, 2.24) is 9.62 Å². The van der Waals surface area contributed by atoms with E-state index in [2.05, 4.69) is 5.32 Å². The number of hydrogen-bond acceptors (Lipinski definition) is 5. The molecule has 0 aliphatic carbocycles. The molecule has 1 amide bonds. The first-order valence-corrected chi connectivity index (χ1v) is 10.6.